The van der Waals surface area contributed by atoms with Gasteiger partial charge in [-0.1, -0.05) is 136 Å². The van der Waals surface area contributed by atoms with E-state index in [0.29, 0.717) is 147 Å². The third-order valence-corrected chi connectivity index (χ3v) is 36.7. The van der Waals surface area contributed by atoms with Gasteiger partial charge in [0.05, 0.1) is 5.69 Å². The Morgan fingerprint density at radius 2 is 0.450 bits per heavy atom. The topological polar surface area (TPSA) is 262 Å². The maximum atomic E-state index is 12.2. The number of imide groups is 7. The van der Waals surface area contributed by atoms with Gasteiger partial charge in [0.2, 0.25) is 0 Å². The Hall–Kier alpha value is -10.4. The van der Waals surface area contributed by atoms with Crippen LogP contribution >= 0.6 is 0 Å². The summed E-state index contributed by atoms with van der Waals surface area (Å²) in [5, 5.41) is 0. The van der Waals surface area contributed by atoms with Gasteiger partial charge in [-0.05, 0) is 393 Å². The minimum Gasteiger partial charge on any atom is -0.275 e. The molecule has 7 heterocycles. The van der Waals surface area contributed by atoms with Crippen LogP contribution in [0.5, 0.6) is 0 Å². The van der Waals surface area contributed by atoms with Crippen molar-refractivity contribution in [3.05, 3.63) is 193 Å². The first-order valence-corrected chi connectivity index (χ1v) is 53.7. The number of benzene rings is 1. The van der Waals surface area contributed by atoms with Gasteiger partial charge < -0.3 is 0 Å². The highest BCUT2D eigenvalue weighted by Gasteiger charge is 2.46. The quantitative estimate of drug-likeness (QED) is 0.0380. The Kier molecular flexibility index (Phi) is 32.6. The third kappa shape index (κ3) is 22.3. The zero-order valence-corrected chi connectivity index (χ0v) is 85.6. The summed E-state index contributed by atoms with van der Waals surface area (Å²) in [6.45, 7) is 26.2. The molecular weight excluding hydrogens is 1750 g/mol. The number of carbonyl (C=O) groups excluding carboxylic acids is 14. The van der Waals surface area contributed by atoms with Crippen LogP contribution in [0, 0.1) is 124 Å². The van der Waals surface area contributed by atoms with Crippen LogP contribution in [-0.2, 0) is 73.5 Å². The number of hydrogen-bond donors (Lipinski definition) is 0. The van der Waals surface area contributed by atoms with Crippen LogP contribution in [0.3, 0.4) is 0 Å². The van der Waals surface area contributed by atoms with E-state index in [0.717, 1.165) is 165 Å². The molecule has 1 aromatic rings. The summed E-state index contributed by atoms with van der Waals surface area (Å²) < 4.78 is 0. The van der Waals surface area contributed by atoms with E-state index in [1.807, 2.05) is 12.1 Å². The summed E-state index contributed by atoms with van der Waals surface area (Å²) in [6.07, 6.45) is 72.2. The molecule has 21 heteroatoms. The molecule has 748 valence electrons. The number of nitrogens with zero attached hydrogens (tertiary/aromatic N) is 7. The van der Waals surface area contributed by atoms with Crippen LogP contribution in [-0.4, -0.2) is 151 Å². The van der Waals surface area contributed by atoms with Crippen LogP contribution < -0.4 is 4.90 Å². The van der Waals surface area contributed by atoms with Crippen molar-refractivity contribution in [2.24, 2.45) is 124 Å². The van der Waals surface area contributed by atoms with Gasteiger partial charge in [0.1, 0.15) is 0 Å². The summed E-state index contributed by atoms with van der Waals surface area (Å²) in [5.41, 5.74) is 9.82. The Balaban J connectivity index is 0.000000118. The molecule has 14 bridgehead atoms. The zero-order chi connectivity index (χ0) is 99.5. The van der Waals surface area contributed by atoms with Crippen LogP contribution in [0.15, 0.2) is 188 Å². The molecule has 21 atom stereocenters. The molecular formula is C119H153N7O14. The number of allylic oxidation sites excluding steroid dienone is 14. The highest BCUT2D eigenvalue weighted by atomic mass is 16.2. The summed E-state index contributed by atoms with van der Waals surface area (Å²) in [7, 11) is 0. The molecule has 14 amide bonds. The van der Waals surface area contributed by atoms with E-state index in [9.17, 15) is 67.1 Å². The van der Waals surface area contributed by atoms with Crippen LogP contribution in [0.2, 0.25) is 0 Å². The van der Waals surface area contributed by atoms with Gasteiger partial charge in [0.25, 0.3) is 82.7 Å². The van der Waals surface area contributed by atoms with Crippen LogP contribution in [0.1, 0.15) is 288 Å². The summed E-state index contributed by atoms with van der Waals surface area (Å²) in [4.78, 5) is 177. The molecule has 7 fully saturated rings. The second-order valence-corrected chi connectivity index (χ2v) is 45.3. The highest BCUT2D eigenvalue weighted by Crippen LogP contribution is 2.52. The normalized spacial score (nSPS) is 32.0. The molecule has 0 N–H and O–H groups in total. The average Bonchev–Trinajstić information content (AvgIpc) is 1.64. The minimum absolute atomic E-state index is 0.0868. The maximum absolute atomic E-state index is 12.2. The lowest BCUT2D eigenvalue weighted by Crippen LogP contribution is -2.36. The highest BCUT2D eigenvalue weighted by molar-refractivity contribution is 6.32. The van der Waals surface area contributed by atoms with Crippen molar-refractivity contribution in [2.75, 3.05) is 44.2 Å². The number of amides is 14. The van der Waals surface area contributed by atoms with E-state index in [-0.39, 0.29) is 82.7 Å². The lowest BCUT2D eigenvalue weighted by atomic mass is 9.88. The van der Waals surface area contributed by atoms with Gasteiger partial charge in [-0.3, -0.25) is 96.5 Å². The van der Waals surface area contributed by atoms with E-state index < -0.39 is 0 Å². The Morgan fingerprint density at radius 3 is 0.729 bits per heavy atom. The van der Waals surface area contributed by atoms with E-state index in [1.165, 1.54) is 174 Å². The van der Waals surface area contributed by atoms with Crippen molar-refractivity contribution in [1.29, 1.82) is 0 Å². The number of carbonyl (C=O) groups is 14. The van der Waals surface area contributed by atoms with E-state index in [4.69, 9.17) is 0 Å². The van der Waals surface area contributed by atoms with Crippen LogP contribution in [0.25, 0.3) is 0 Å². The first-order valence-electron chi connectivity index (χ1n) is 53.7. The molecule has 7 saturated carbocycles. The number of fused-ring (bicyclic) bond motifs is 14. The number of rotatable bonds is 31. The molecule has 0 radical (unpaired) electrons. The Bertz CT molecular complexity index is 5420. The molecule has 22 rings (SSSR count). The first-order chi connectivity index (χ1) is 67.1. The zero-order valence-electron chi connectivity index (χ0n) is 85.6. The number of unbranched alkanes of at least 4 members (excludes halogenated alkanes) is 6. The standard InChI is InChI=1S/C21H23NO2.C19H27NO2.C18H25NO2.C17H23NO2.C16H21NO2.C15H19NO2.C13H15NO2/c1-13-14(2)21(24)22(20(13)23)19-9-5-15(6-10-19)3-7-17-11-16-4-8-18(17)12-16;1-13-14(2)19(22)20(18(13)21)10-6-4-3-5-7-16-11-15-8-9-17(16)12-15;1-12-13(2)18(21)19(17(12)20)9-5-3-4-6-15-10-14-7-8-16(15)11-14;1-11-12(2)17(20)18(16(11)19)8-4-3-5-14-9-13-6-7-15(14)10-13;1-10-11(2)16(19)17(15(10)18)7-3-4-13-8-12-5-6-14(13)9-12;1-9-10(2)15(18)16(14(9)17)6-5-13-8-11-3-4-12(13)7-11;1-8-4-12(15)14(13(8)16)7-11-6-9-2-3-10(11)5-9/h4-6,8-10,16-18H,3,7,11-12H2,1-2H3;8-9,15-17H,3-7,10-12H2,1-2H3;7-8,14-16H,3-6,9-11H2,1-2H3;6-7,13-15H,3-5,8-10H2,1-2H3;5-6,12-14H,3-4,7-9H2,1-2H3;3-4,11-13H,5-8H2,1-2H3;2-4,9-11H,5-7H2,1H3. The lowest BCUT2D eigenvalue weighted by molar-refractivity contribution is -0.139. The second kappa shape index (κ2) is 44.6. The molecule has 14 aliphatic carbocycles. The van der Waals surface area contributed by atoms with Gasteiger partial charge in [-0.15, -0.1) is 0 Å². The SMILES string of the molecule is CC1=C(C)C(=O)N(CCC2CC3C=CC2C3)C1=O.CC1=C(C)C(=O)N(CCCC2CC3C=CC2C3)C1=O.CC1=C(C)C(=O)N(CCCCC2CC3C=CC2C3)C1=O.CC1=C(C)C(=O)N(CCCCCC2CC3C=CC2C3)C1=O.CC1=C(C)C(=O)N(CCCCCCC2CC3C=CC2C3)C1=O.CC1=C(C)C(=O)N(c2ccc(CCC3CC4C=CC3C4)cc2)C1=O.CC1=CC(=O)N(CC2CC3C=CC2C3)C1=O. The van der Waals surface area contributed by atoms with Crippen molar-refractivity contribution >= 4 is 88.4 Å². The minimum atomic E-state index is -0.195. The van der Waals surface area contributed by atoms with Gasteiger partial charge in [-0.25, -0.2) is 4.90 Å². The number of hydrogen-bond acceptors (Lipinski definition) is 14. The largest absolute Gasteiger partial charge is 0.275 e. The molecule has 7 aliphatic heterocycles. The van der Waals surface area contributed by atoms with Crippen molar-refractivity contribution in [3.63, 3.8) is 0 Å². The second-order valence-electron chi connectivity index (χ2n) is 45.3. The smallest absolute Gasteiger partial charge is 0.261 e. The molecule has 0 aromatic heterocycles. The van der Waals surface area contributed by atoms with Crippen molar-refractivity contribution < 1.29 is 67.1 Å². The van der Waals surface area contributed by atoms with Gasteiger partial charge in [0, 0.05) is 118 Å². The predicted octanol–water partition coefficient (Wildman–Crippen LogP) is 20.9. The first kappa shape index (κ1) is 102. The molecule has 21 aliphatic rings. The fourth-order valence-electron chi connectivity index (χ4n) is 27.1. The van der Waals surface area contributed by atoms with E-state index in [2.05, 4.69) is 97.2 Å². The van der Waals surface area contributed by atoms with E-state index >= 15 is 0 Å². The lowest BCUT2D eigenvalue weighted by Gasteiger charge is -2.23. The van der Waals surface area contributed by atoms with Gasteiger partial charge >= 0.3 is 0 Å². The van der Waals surface area contributed by atoms with E-state index in [1.54, 1.807) is 90.0 Å². The fraction of sp³-hybridized carbons (Fsp3) is 0.597. The number of anilines is 1. The summed E-state index contributed by atoms with van der Waals surface area (Å²) in [6, 6.07) is 7.92. The third-order valence-electron chi connectivity index (χ3n) is 36.7. The van der Waals surface area contributed by atoms with Crippen molar-refractivity contribution in [3.8, 4) is 0 Å². The summed E-state index contributed by atoms with van der Waals surface area (Å²) >= 11 is 0. The van der Waals surface area contributed by atoms with Crippen molar-refractivity contribution in [1.82, 2.24) is 29.4 Å². The van der Waals surface area contributed by atoms with Gasteiger partial charge in [-0.2, -0.15) is 0 Å². The summed E-state index contributed by atoms with van der Waals surface area (Å²) in [5.74, 6) is 14.9. The molecule has 0 spiro atoms. The van der Waals surface area contributed by atoms with Crippen LogP contribution in [0.4, 0.5) is 5.69 Å². The average molecular weight is 1910 g/mol. The molecule has 140 heavy (non-hydrogen) atoms. The number of aryl methyl sites for hydroxylation is 1. The molecule has 0 saturated heterocycles. The predicted molar refractivity (Wildman–Crippen MR) is 543 cm³/mol. The molecule has 21 unspecified atom stereocenters. The Morgan fingerprint density at radius 1 is 0.214 bits per heavy atom. The van der Waals surface area contributed by atoms with Crippen molar-refractivity contribution in [2.45, 2.75) is 289 Å². The monoisotopic (exact) mass is 1900 g/mol. The Labute approximate surface area is 831 Å². The van der Waals surface area contributed by atoms with Gasteiger partial charge in [0.15, 0.2) is 0 Å². The fourth-order valence-corrected chi connectivity index (χ4v) is 27.1. The maximum Gasteiger partial charge on any atom is 0.261 e. The molecule has 1 aromatic carbocycles. The molecule has 21 nitrogen and oxygen atoms in total.